The highest BCUT2D eigenvalue weighted by Gasteiger charge is 2.42. The molecular formula is C10H12O4Si. The number of rotatable bonds is 4. The zero-order valence-electron chi connectivity index (χ0n) is 8.70. The maximum absolute atomic E-state index is 10.9. The molecule has 0 aromatic rings. The maximum Gasteiger partial charge on any atom is 0.488 e. The van der Waals surface area contributed by atoms with Crippen molar-refractivity contribution in [2.45, 2.75) is 25.9 Å². The fraction of sp³-hybridized carbons (Fsp3) is 0.400. The van der Waals surface area contributed by atoms with Crippen LogP contribution in [0.3, 0.4) is 0 Å². The van der Waals surface area contributed by atoms with Crippen molar-refractivity contribution >= 4 is 20.5 Å². The number of hydrogen-bond donors (Lipinski definition) is 0. The molecule has 0 saturated carbocycles. The topological polar surface area (TPSA) is 52.6 Å². The van der Waals surface area contributed by atoms with Crippen LogP contribution in [0.5, 0.6) is 0 Å². The fourth-order valence-corrected chi connectivity index (χ4v) is 3.19. The van der Waals surface area contributed by atoms with Crippen LogP contribution < -0.4 is 0 Å². The van der Waals surface area contributed by atoms with Crippen LogP contribution in [0.2, 0.25) is 12.1 Å². The van der Waals surface area contributed by atoms with E-state index < -0.39 is 20.5 Å². The van der Waals surface area contributed by atoms with E-state index in [0.717, 1.165) is 0 Å². The van der Waals surface area contributed by atoms with Gasteiger partial charge in [-0.05, 0) is 0 Å². The highest BCUT2D eigenvalue weighted by molar-refractivity contribution is 6.71. The van der Waals surface area contributed by atoms with Crippen LogP contribution >= 0.6 is 0 Å². The van der Waals surface area contributed by atoms with E-state index in [-0.39, 0.29) is 12.1 Å². The molecule has 0 bridgehead atoms. The predicted molar refractivity (Wildman–Crippen MR) is 56.6 cm³/mol. The maximum atomic E-state index is 10.9. The summed E-state index contributed by atoms with van der Waals surface area (Å²) >= 11 is 0. The lowest BCUT2D eigenvalue weighted by atomic mass is 10.8. The Morgan fingerprint density at radius 1 is 1.07 bits per heavy atom. The average molecular weight is 224 g/mol. The van der Waals surface area contributed by atoms with Crippen molar-refractivity contribution in [3.8, 4) is 24.7 Å². The van der Waals surface area contributed by atoms with Gasteiger partial charge in [0.2, 0.25) is 0 Å². The molecule has 0 aromatic carbocycles. The molecule has 0 spiro atoms. The Balaban J connectivity index is 4.90. The lowest BCUT2D eigenvalue weighted by Gasteiger charge is -2.25. The van der Waals surface area contributed by atoms with Crippen molar-refractivity contribution in [2.24, 2.45) is 0 Å². The summed E-state index contributed by atoms with van der Waals surface area (Å²) in [5.41, 5.74) is 0. The molecule has 0 aliphatic heterocycles. The van der Waals surface area contributed by atoms with Crippen LogP contribution in [0, 0.1) is 24.7 Å². The largest absolute Gasteiger partial charge is 0.488 e. The van der Waals surface area contributed by atoms with E-state index in [1.54, 1.807) is 0 Å². The molecule has 0 aliphatic carbocycles. The first kappa shape index (κ1) is 13.3. The van der Waals surface area contributed by atoms with Crippen molar-refractivity contribution in [1.82, 2.24) is 0 Å². The third kappa shape index (κ3) is 4.89. The van der Waals surface area contributed by atoms with Crippen molar-refractivity contribution in [1.29, 1.82) is 0 Å². The van der Waals surface area contributed by atoms with E-state index in [1.807, 2.05) is 0 Å². The van der Waals surface area contributed by atoms with E-state index in [1.165, 1.54) is 13.8 Å². The van der Waals surface area contributed by atoms with Crippen molar-refractivity contribution in [3.05, 3.63) is 0 Å². The second kappa shape index (κ2) is 5.89. The molecule has 0 rings (SSSR count). The van der Waals surface area contributed by atoms with Gasteiger partial charge in [-0.3, -0.25) is 9.59 Å². The first-order valence-electron chi connectivity index (χ1n) is 4.22. The molecule has 0 amide bonds. The van der Waals surface area contributed by atoms with Crippen LogP contribution in [0.1, 0.15) is 13.8 Å². The van der Waals surface area contributed by atoms with Crippen molar-refractivity contribution < 1.29 is 18.4 Å². The third-order valence-electron chi connectivity index (χ3n) is 1.40. The summed E-state index contributed by atoms with van der Waals surface area (Å²) in [4.78, 5) is 21.7. The minimum Gasteiger partial charge on any atom is -0.484 e. The number of hydrogen-bond acceptors (Lipinski definition) is 4. The van der Waals surface area contributed by atoms with Gasteiger partial charge in [0.1, 0.15) is 0 Å². The lowest BCUT2D eigenvalue weighted by Crippen LogP contribution is -2.44. The predicted octanol–water partition coefficient (Wildman–Crippen LogP) is 0.821. The summed E-state index contributed by atoms with van der Waals surface area (Å²) in [5.74, 6) is 3.54. The minimum absolute atomic E-state index is 0.0658. The number of carbonyl (C=O) groups excluding carboxylic acids is 2. The SMILES string of the molecule is C#CC[Si](CC#C)(OC(C)=O)OC(C)=O. The Morgan fingerprint density at radius 3 is 1.60 bits per heavy atom. The minimum atomic E-state index is -3.09. The van der Waals surface area contributed by atoms with Gasteiger partial charge in [-0.1, -0.05) is 0 Å². The van der Waals surface area contributed by atoms with Crippen LogP contribution in [-0.4, -0.2) is 20.5 Å². The Morgan fingerprint density at radius 2 is 1.40 bits per heavy atom. The Labute approximate surface area is 90.2 Å². The van der Waals surface area contributed by atoms with Crippen LogP contribution in [0.15, 0.2) is 0 Å². The Hall–Kier alpha value is -1.72. The zero-order valence-corrected chi connectivity index (χ0v) is 9.70. The molecule has 5 heteroatoms. The smallest absolute Gasteiger partial charge is 0.484 e. The summed E-state index contributed by atoms with van der Waals surface area (Å²) in [6.07, 6.45) is 10.3. The fourth-order valence-electron chi connectivity index (χ4n) is 1.06. The van der Waals surface area contributed by atoms with E-state index in [0.29, 0.717) is 0 Å². The highest BCUT2D eigenvalue weighted by atomic mass is 28.4. The monoisotopic (exact) mass is 224 g/mol. The molecule has 0 heterocycles. The number of terminal acetylenes is 2. The molecule has 0 fully saturated rings. The second-order valence-electron chi connectivity index (χ2n) is 2.86. The lowest BCUT2D eigenvalue weighted by molar-refractivity contribution is -0.138. The van der Waals surface area contributed by atoms with Gasteiger partial charge in [0.05, 0.1) is 12.1 Å². The number of carbonyl (C=O) groups is 2. The molecule has 0 aliphatic rings. The zero-order chi connectivity index (χ0) is 11.9. The molecule has 80 valence electrons. The molecule has 0 N–H and O–H groups in total. The van der Waals surface area contributed by atoms with Gasteiger partial charge in [-0.15, -0.1) is 24.7 Å². The Bertz CT molecular complexity index is 300. The van der Waals surface area contributed by atoms with Gasteiger partial charge in [0, 0.05) is 13.8 Å². The Kier molecular flexibility index (Phi) is 5.22. The van der Waals surface area contributed by atoms with Crippen LogP contribution in [0.4, 0.5) is 0 Å². The molecule has 4 nitrogen and oxygen atoms in total. The van der Waals surface area contributed by atoms with Gasteiger partial charge in [-0.25, -0.2) is 0 Å². The molecule has 0 radical (unpaired) electrons. The van der Waals surface area contributed by atoms with Crippen molar-refractivity contribution in [2.75, 3.05) is 0 Å². The van der Waals surface area contributed by atoms with E-state index in [9.17, 15) is 9.59 Å². The molecule has 0 unspecified atom stereocenters. The van der Waals surface area contributed by atoms with Crippen molar-refractivity contribution in [3.63, 3.8) is 0 Å². The van der Waals surface area contributed by atoms with Gasteiger partial charge < -0.3 is 8.85 Å². The summed E-state index contributed by atoms with van der Waals surface area (Å²) in [6.45, 7) is 2.44. The summed E-state index contributed by atoms with van der Waals surface area (Å²) < 4.78 is 10.0. The summed E-state index contributed by atoms with van der Waals surface area (Å²) in [6, 6.07) is 0.132. The van der Waals surface area contributed by atoms with Crippen LogP contribution in [0.25, 0.3) is 0 Å². The van der Waals surface area contributed by atoms with Crippen LogP contribution in [-0.2, 0) is 18.4 Å². The summed E-state index contributed by atoms with van der Waals surface area (Å²) in [5, 5.41) is 0. The first-order chi connectivity index (χ1) is 6.95. The standard InChI is InChI=1S/C10H12O4Si/c1-5-7-15(8-6-2,13-9(3)11)14-10(4)12/h1-2H,7-8H2,3-4H3. The quantitative estimate of drug-likeness (QED) is 0.524. The molecule has 0 saturated heterocycles. The second-order valence-corrected chi connectivity index (χ2v) is 5.80. The van der Waals surface area contributed by atoms with E-state index in [4.69, 9.17) is 21.7 Å². The average Bonchev–Trinajstić information content (AvgIpc) is 2.01. The first-order valence-corrected chi connectivity index (χ1v) is 6.45. The molecular weight excluding hydrogens is 212 g/mol. The van der Waals surface area contributed by atoms with Gasteiger partial charge in [0.15, 0.2) is 0 Å². The normalized spacial score (nSPS) is 9.60. The molecule has 15 heavy (non-hydrogen) atoms. The highest BCUT2D eigenvalue weighted by Crippen LogP contribution is 2.18. The van der Waals surface area contributed by atoms with E-state index in [2.05, 4.69) is 11.8 Å². The molecule has 0 aromatic heterocycles. The van der Waals surface area contributed by atoms with Gasteiger partial charge in [-0.2, -0.15) is 0 Å². The van der Waals surface area contributed by atoms with Gasteiger partial charge >= 0.3 is 8.56 Å². The summed E-state index contributed by atoms with van der Waals surface area (Å²) in [7, 11) is -3.09. The molecule has 0 atom stereocenters. The third-order valence-corrected chi connectivity index (χ3v) is 4.21. The van der Waals surface area contributed by atoms with Gasteiger partial charge in [0.25, 0.3) is 11.9 Å². The van der Waals surface area contributed by atoms with E-state index >= 15 is 0 Å².